The third-order valence-electron chi connectivity index (χ3n) is 5.34. The molecule has 35 heavy (non-hydrogen) atoms. The van der Waals surface area contributed by atoms with E-state index in [1.54, 1.807) is 4.68 Å². The Bertz CT molecular complexity index is 1100. The highest BCUT2D eigenvalue weighted by atomic mass is 19.1. The summed E-state index contributed by atoms with van der Waals surface area (Å²) < 4.78 is 41.4. The molecule has 0 saturated carbocycles. The molecule has 0 amide bonds. The molecule has 0 saturated heterocycles. The van der Waals surface area contributed by atoms with Gasteiger partial charge in [-0.1, -0.05) is 25.1 Å². The number of halogens is 2. The summed E-state index contributed by atoms with van der Waals surface area (Å²) >= 11 is 0. The molecule has 3 rings (SSSR count). The van der Waals surface area contributed by atoms with Gasteiger partial charge in [-0.05, 0) is 64.9 Å². The Hall–Kier alpha value is -2.81. The summed E-state index contributed by atoms with van der Waals surface area (Å²) in [4.78, 5) is 2.10. The van der Waals surface area contributed by atoms with Gasteiger partial charge in [0.15, 0.2) is 11.6 Å². The van der Waals surface area contributed by atoms with Crippen molar-refractivity contribution < 1.29 is 23.4 Å². The maximum absolute atomic E-state index is 14.5. The Morgan fingerprint density at radius 2 is 1.83 bits per heavy atom. The van der Waals surface area contributed by atoms with Crippen LogP contribution in [0.3, 0.4) is 0 Å². The Labute approximate surface area is 206 Å². The number of aliphatic hydroxyl groups excluding tert-OH is 1. The first kappa shape index (κ1) is 26.8. The van der Waals surface area contributed by atoms with Gasteiger partial charge in [0.05, 0.1) is 35.3 Å². The normalized spacial score (nSPS) is 12.8. The van der Waals surface area contributed by atoms with Crippen LogP contribution in [0.15, 0.2) is 48.5 Å². The SMILES string of the molecule is CCCN(Cc1c(C)nn(-c2ccccc2)c1Oc1ccc(F)cc1F)CC(O)COC(C)(C)C. The summed E-state index contributed by atoms with van der Waals surface area (Å²) in [5, 5.41) is 15.3. The average molecular weight is 488 g/mol. The third kappa shape index (κ3) is 7.59. The number of nitrogens with zero attached hydrogens (tertiary/aromatic N) is 3. The van der Waals surface area contributed by atoms with Gasteiger partial charge in [0.2, 0.25) is 5.88 Å². The molecule has 1 atom stereocenters. The number of aromatic nitrogens is 2. The van der Waals surface area contributed by atoms with Crippen LogP contribution in [0, 0.1) is 18.6 Å². The quantitative estimate of drug-likeness (QED) is 0.379. The number of aryl methyl sites for hydroxylation is 1. The molecule has 0 spiro atoms. The van der Waals surface area contributed by atoms with Crippen LogP contribution in [0.25, 0.3) is 5.69 Å². The van der Waals surface area contributed by atoms with Gasteiger partial charge in [-0.2, -0.15) is 5.10 Å². The molecule has 0 fully saturated rings. The van der Waals surface area contributed by atoms with Crippen molar-refractivity contribution in [2.45, 2.75) is 59.3 Å². The van der Waals surface area contributed by atoms with Gasteiger partial charge >= 0.3 is 0 Å². The number of hydrogen-bond donors (Lipinski definition) is 1. The number of hydrogen-bond acceptors (Lipinski definition) is 5. The van der Waals surface area contributed by atoms with E-state index in [1.165, 1.54) is 6.07 Å². The van der Waals surface area contributed by atoms with Crippen LogP contribution < -0.4 is 4.74 Å². The highest BCUT2D eigenvalue weighted by molar-refractivity contribution is 5.43. The largest absolute Gasteiger partial charge is 0.435 e. The first-order valence-corrected chi connectivity index (χ1v) is 11.9. The molecule has 0 aliphatic carbocycles. The van der Waals surface area contributed by atoms with Crippen LogP contribution in [-0.2, 0) is 11.3 Å². The lowest BCUT2D eigenvalue weighted by molar-refractivity contribution is -0.0567. The number of para-hydroxylation sites is 1. The molecule has 190 valence electrons. The summed E-state index contributed by atoms with van der Waals surface area (Å²) in [5.74, 6) is -1.22. The fraction of sp³-hybridized carbons (Fsp3) is 0.444. The van der Waals surface area contributed by atoms with Crippen molar-refractivity contribution in [3.63, 3.8) is 0 Å². The first-order chi connectivity index (χ1) is 16.6. The molecular weight excluding hydrogens is 452 g/mol. The van der Waals surface area contributed by atoms with E-state index in [-0.39, 0.29) is 18.0 Å². The van der Waals surface area contributed by atoms with Gasteiger partial charge < -0.3 is 14.6 Å². The van der Waals surface area contributed by atoms with E-state index in [9.17, 15) is 13.9 Å². The number of ether oxygens (including phenoxy) is 2. The van der Waals surface area contributed by atoms with Crippen molar-refractivity contribution in [1.29, 1.82) is 0 Å². The molecule has 0 aliphatic rings. The van der Waals surface area contributed by atoms with Crippen molar-refractivity contribution in [2.24, 2.45) is 0 Å². The summed E-state index contributed by atoms with van der Waals surface area (Å²) in [6, 6.07) is 12.6. The zero-order valence-electron chi connectivity index (χ0n) is 21.1. The van der Waals surface area contributed by atoms with E-state index >= 15 is 0 Å². The maximum atomic E-state index is 14.5. The molecule has 1 heterocycles. The smallest absolute Gasteiger partial charge is 0.227 e. The molecule has 1 aromatic heterocycles. The Morgan fingerprint density at radius 3 is 2.46 bits per heavy atom. The highest BCUT2D eigenvalue weighted by Crippen LogP contribution is 2.33. The Balaban J connectivity index is 1.94. The second kappa shape index (κ2) is 11.7. The molecule has 1 N–H and O–H groups in total. The number of rotatable bonds is 11. The van der Waals surface area contributed by atoms with Crippen molar-refractivity contribution in [1.82, 2.24) is 14.7 Å². The predicted octanol–water partition coefficient (Wildman–Crippen LogP) is 5.64. The number of benzene rings is 2. The van der Waals surface area contributed by atoms with E-state index in [1.807, 2.05) is 58.0 Å². The summed E-state index contributed by atoms with van der Waals surface area (Å²) in [5.41, 5.74) is 1.88. The fourth-order valence-corrected chi connectivity index (χ4v) is 3.70. The van der Waals surface area contributed by atoms with E-state index in [0.29, 0.717) is 24.7 Å². The van der Waals surface area contributed by atoms with E-state index in [0.717, 1.165) is 36.3 Å². The highest BCUT2D eigenvalue weighted by Gasteiger charge is 2.24. The van der Waals surface area contributed by atoms with Crippen LogP contribution in [-0.4, -0.2) is 51.2 Å². The topological polar surface area (TPSA) is 59.8 Å². The van der Waals surface area contributed by atoms with Crippen LogP contribution in [0.5, 0.6) is 11.6 Å². The van der Waals surface area contributed by atoms with Crippen molar-refractivity contribution >= 4 is 0 Å². The molecule has 8 heteroatoms. The lowest BCUT2D eigenvalue weighted by Crippen LogP contribution is -2.37. The summed E-state index contributed by atoms with van der Waals surface area (Å²) in [6.07, 6.45) is 0.200. The fourth-order valence-electron chi connectivity index (χ4n) is 3.70. The van der Waals surface area contributed by atoms with Crippen molar-refractivity contribution in [3.8, 4) is 17.3 Å². The van der Waals surface area contributed by atoms with E-state index in [4.69, 9.17) is 9.47 Å². The van der Waals surface area contributed by atoms with Crippen LogP contribution in [0.1, 0.15) is 45.4 Å². The molecule has 0 bridgehead atoms. The van der Waals surface area contributed by atoms with Gasteiger partial charge in [-0.3, -0.25) is 4.90 Å². The van der Waals surface area contributed by atoms with E-state index < -0.39 is 17.7 Å². The lowest BCUT2D eigenvalue weighted by Gasteiger charge is -2.27. The molecule has 6 nitrogen and oxygen atoms in total. The Morgan fingerprint density at radius 1 is 1.11 bits per heavy atom. The van der Waals surface area contributed by atoms with Crippen molar-refractivity contribution in [2.75, 3.05) is 19.7 Å². The summed E-state index contributed by atoms with van der Waals surface area (Å²) in [6.45, 7) is 11.5. The maximum Gasteiger partial charge on any atom is 0.227 e. The average Bonchev–Trinajstić information content (AvgIpc) is 3.09. The van der Waals surface area contributed by atoms with Crippen molar-refractivity contribution in [3.05, 3.63) is 71.4 Å². The molecular formula is C27H35F2N3O3. The standard InChI is InChI=1S/C27H35F2N3O3/c1-6-14-31(16-22(33)18-34-27(3,4)5)17-23-19(2)30-32(21-10-8-7-9-11-21)26(23)35-25-13-12-20(28)15-24(25)29/h7-13,15,22,33H,6,14,16-18H2,1-5H3. The minimum Gasteiger partial charge on any atom is -0.435 e. The first-order valence-electron chi connectivity index (χ1n) is 11.9. The Kier molecular flexibility index (Phi) is 8.99. The molecule has 3 aromatic rings. The van der Waals surface area contributed by atoms with Crippen LogP contribution in [0.2, 0.25) is 0 Å². The van der Waals surface area contributed by atoms with Crippen LogP contribution >= 0.6 is 0 Å². The van der Waals surface area contributed by atoms with Gasteiger partial charge in [-0.15, -0.1) is 0 Å². The second-order valence-corrected chi connectivity index (χ2v) is 9.61. The van der Waals surface area contributed by atoms with Gasteiger partial charge in [0.1, 0.15) is 5.82 Å². The van der Waals surface area contributed by atoms with E-state index in [2.05, 4.69) is 16.9 Å². The molecule has 1 unspecified atom stereocenters. The van der Waals surface area contributed by atoms with Gasteiger partial charge in [0, 0.05) is 19.2 Å². The lowest BCUT2D eigenvalue weighted by atomic mass is 10.2. The zero-order valence-corrected chi connectivity index (χ0v) is 21.1. The van der Waals surface area contributed by atoms with Gasteiger partial charge in [0.25, 0.3) is 0 Å². The zero-order chi connectivity index (χ0) is 25.6. The molecule has 0 aliphatic heterocycles. The van der Waals surface area contributed by atoms with Crippen LogP contribution in [0.4, 0.5) is 8.78 Å². The van der Waals surface area contributed by atoms with Gasteiger partial charge in [-0.25, -0.2) is 13.5 Å². The predicted molar refractivity (Wildman–Crippen MR) is 132 cm³/mol. The monoisotopic (exact) mass is 487 g/mol. The second-order valence-electron chi connectivity index (χ2n) is 9.61. The minimum absolute atomic E-state index is 0.0922. The molecule has 0 radical (unpaired) electrons. The minimum atomic E-state index is -0.797. The molecule has 2 aromatic carbocycles. The number of aliphatic hydroxyl groups is 1. The third-order valence-corrected chi connectivity index (χ3v) is 5.34. The summed E-state index contributed by atoms with van der Waals surface area (Å²) in [7, 11) is 0.